The van der Waals surface area contributed by atoms with Crippen molar-refractivity contribution >= 4 is 22.0 Å². The quantitative estimate of drug-likeness (QED) is 0.383. The molecule has 190 valence electrons. The molecule has 0 spiro atoms. The summed E-state index contributed by atoms with van der Waals surface area (Å²) in [7, 11) is -2.44. The van der Waals surface area contributed by atoms with Gasteiger partial charge in [0.2, 0.25) is 10.0 Å². The third-order valence-electron chi connectivity index (χ3n) is 6.94. The highest BCUT2D eigenvalue weighted by atomic mass is 32.2. The van der Waals surface area contributed by atoms with Gasteiger partial charge in [0.25, 0.3) is 0 Å². The number of ether oxygens (including phenoxy) is 1. The van der Waals surface area contributed by atoms with Gasteiger partial charge in [-0.15, -0.1) is 0 Å². The van der Waals surface area contributed by atoms with Crippen molar-refractivity contribution in [1.82, 2.24) is 20.3 Å². The van der Waals surface area contributed by atoms with Crippen LogP contribution in [0.5, 0.6) is 0 Å². The number of methoxy groups -OCH3 is 1. The number of sulfonamides is 1. The van der Waals surface area contributed by atoms with E-state index in [-0.39, 0.29) is 24.7 Å². The van der Waals surface area contributed by atoms with Crippen LogP contribution in [-0.4, -0.2) is 70.4 Å². The summed E-state index contributed by atoms with van der Waals surface area (Å²) in [6.07, 6.45) is 4.29. The summed E-state index contributed by atoms with van der Waals surface area (Å²) in [6.45, 7) is 4.68. The third kappa shape index (κ3) is 6.49. The van der Waals surface area contributed by atoms with E-state index >= 15 is 0 Å². The number of unbranched alkanes of at least 4 members (excludes halogenated alkanes) is 1. The van der Waals surface area contributed by atoms with Crippen molar-refractivity contribution < 1.29 is 22.7 Å². The molecule has 0 aliphatic carbocycles. The molecule has 2 fully saturated rings. The van der Waals surface area contributed by atoms with Crippen molar-refractivity contribution in [3.05, 3.63) is 35.9 Å². The minimum absolute atomic E-state index is 0.0635. The van der Waals surface area contributed by atoms with E-state index in [1.807, 2.05) is 37.3 Å². The Balaban J connectivity index is 1.91. The zero-order valence-corrected chi connectivity index (χ0v) is 21.0. The highest BCUT2D eigenvalue weighted by Crippen LogP contribution is 2.38. The van der Waals surface area contributed by atoms with Crippen LogP contribution < -0.4 is 15.4 Å². The normalized spacial score (nSPS) is 22.4. The van der Waals surface area contributed by atoms with Crippen LogP contribution in [0.15, 0.2) is 30.3 Å². The molecule has 0 bridgehead atoms. The van der Waals surface area contributed by atoms with Crippen LogP contribution in [0.3, 0.4) is 0 Å². The van der Waals surface area contributed by atoms with Crippen molar-refractivity contribution in [1.29, 1.82) is 0 Å². The molecule has 2 atom stereocenters. The summed E-state index contributed by atoms with van der Waals surface area (Å²) in [5, 5.41) is 6.32. The third-order valence-corrected chi connectivity index (χ3v) is 8.41. The molecule has 2 aliphatic heterocycles. The highest BCUT2D eigenvalue weighted by molar-refractivity contribution is 7.89. The number of urea groups is 1. The van der Waals surface area contributed by atoms with Crippen LogP contribution in [0, 0.1) is 5.92 Å². The fourth-order valence-corrected chi connectivity index (χ4v) is 6.37. The van der Waals surface area contributed by atoms with Gasteiger partial charge in [0.1, 0.15) is 6.04 Å². The fourth-order valence-electron chi connectivity index (χ4n) is 4.97. The van der Waals surface area contributed by atoms with Crippen molar-refractivity contribution in [2.45, 2.75) is 57.0 Å². The van der Waals surface area contributed by atoms with Gasteiger partial charge in [-0.2, -0.15) is 0 Å². The smallest absolute Gasteiger partial charge is 0.323 e. The van der Waals surface area contributed by atoms with E-state index in [1.165, 1.54) is 7.11 Å². The Kier molecular flexibility index (Phi) is 9.32. The number of benzene rings is 1. The van der Waals surface area contributed by atoms with E-state index in [4.69, 9.17) is 4.74 Å². The average molecular weight is 495 g/mol. The number of nitrogens with zero attached hydrogens (tertiary/aromatic N) is 1. The van der Waals surface area contributed by atoms with Gasteiger partial charge in [-0.05, 0) is 50.3 Å². The van der Waals surface area contributed by atoms with Gasteiger partial charge in [0.15, 0.2) is 0 Å². The maximum absolute atomic E-state index is 13.0. The first-order chi connectivity index (χ1) is 16.3. The Labute approximate surface area is 203 Å². The lowest BCUT2D eigenvalue weighted by atomic mass is 9.82. The lowest BCUT2D eigenvalue weighted by molar-refractivity contribution is -0.143. The van der Waals surface area contributed by atoms with Crippen LogP contribution in [0.2, 0.25) is 0 Å². The van der Waals surface area contributed by atoms with Gasteiger partial charge in [0.05, 0.1) is 18.4 Å². The summed E-state index contributed by atoms with van der Waals surface area (Å²) in [5.74, 6) is -0.202. The molecule has 34 heavy (non-hydrogen) atoms. The second-order valence-corrected chi connectivity index (χ2v) is 11.1. The highest BCUT2D eigenvalue weighted by Gasteiger charge is 2.49. The summed E-state index contributed by atoms with van der Waals surface area (Å²) in [5.41, 5.74) is -0.0162. The van der Waals surface area contributed by atoms with E-state index < -0.39 is 27.6 Å². The van der Waals surface area contributed by atoms with Crippen LogP contribution in [0.4, 0.5) is 4.79 Å². The molecule has 9 nitrogen and oxygen atoms in total. The van der Waals surface area contributed by atoms with Gasteiger partial charge in [0, 0.05) is 19.5 Å². The second-order valence-electron chi connectivity index (χ2n) is 9.26. The van der Waals surface area contributed by atoms with Crippen LogP contribution in [-0.2, 0) is 25.1 Å². The van der Waals surface area contributed by atoms with Crippen molar-refractivity contribution in [3.8, 4) is 0 Å². The van der Waals surface area contributed by atoms with Gasteiger partial charge >= 0.3 is 12.0 Å². The summed E-state index contributed by atoms with van der Waals surface area (Å²) in [6, 6.07) is 8.23. The summed E-state index contributed by atoms with van der Waals surface area (Å²) >= 11 is 0. The van der Waals surface area contributed by atoms with Crippen LogP contribution >= 0.6 is 0 Å². The molecular formula is C24H38N4O5S. The number of nitrogens with one attached hydrogen (secondary N) is 3. The lowest BCUT2D eigenvalue weighted by Crippen LogP contribution is -2.53. The van der Waals surface area contributed by atoms with E-state index in [0.29, 0.717) is 18.9 Å². The number of carbonyl (C=O) groups is 2. The molecule has 1 aromatic rings. The topological polar surface area (TPSA) is 117 Å². The molecule has 1 aromatic carbocycles. The van der Waals surface area contributed by atoms with E-state index in [1.54, 1.807) is 4.90 Å². The lowest BCUT2D eigenvalue weighted by Gasteiger charge is -2.40. The van der Waals surface area contributed by atoms with Crippen molar-refractivity contribution in [3.63, 3.8) is 0 Å². The number of piperidine rings is 1. The standard InChI is InChI=1S/C24H38N4O5S/c1-3-4-16-34(31,32)27-21(22(29)33-2)17-24(20-8-6-5-7-9-20)18-26-23(30)28(24)15-12-19-10-13-25-14-11-19/h5-9,19,21,25,27H,3-4,10-18H2,1-2H3,(H,26,30). The number of esters is 1. The first-order valence-electron chi connectivity index (χ1n) is 12.2. The van der Waals surface area contributed by atoms with E-state index in [2.05, 4.69) is 15.4 Å². The molecule has 0 aromatic heterocycles. The Bertz CT molecular complexity index is 921. The van der Waals surface area contributed by atoms with Crippen molar-refractivity contribution in [2.24, 2.45) is 5.92 Å². The van der Waals surface area contributed by atoms with E-state index in [9.17, 15) is 18.0 Å². The molecule has 10 heteroatoms. The molecule has 3 rings (SSSR count). The number of amides is 2. The maximum Gasteiger partial charge on any atom is 0.323 e. The van der Waals surface area contributed by atoms with Crippen LogP contribution in [0.1, 0.15) is 51.0 Å². The monoisotopic (exact) mass is 494 g/mol. The van der Waals surface area contributed by atoms with Crippen LogP contribution in [0.25, 0.3) is 0 Å². The number of rotatable bonds is 12. The van der Waals surface area contributed by atoms with Gasteiger partial charge in [-0.25, -0.2) is 17.9 Å². The molecular weight excluding hydrogens is 456 g/mol. The Morgan fingerprint density at radius 1 is 1.26 bits per heavy atom. The average Bonchev–Trinajstić information content (AvgIpc) is 3.17. The molecule has 2 saturated heterocycles. The zero-order valence-electron chi connectivity index (χ0n) is 20.2. The minimum atomic E-state index is -3.69. The predicted octanol–water partition coefficient (Wildman–Crippen LogP) is 1.95. The fraction of sp³-hybridized carbons (Fsp3) is 0.667. The molecule has 3 N–H and O–H groups in total. The Hall–Kier alpha value is -2.17. The number of carbonyl (C=O) groups excluding carboxylic acids is 2. The SMILES string of the molecule is CCCCS(=O)(=O)NC(CC1(c2ccccc2)CNC(=O)N1CCC1CCNCC1)C(=O)OC. The Morgan fingerprint density at radius 2 is 1.97 bits per heavy atom. The second kappa shape index (κ2) is 12.0. The maximum atomic E-state index is 13.0. The van der Waals surface area contributed by atoms with Gasteiger partial charge < -0.3 is 20.3 Å². The molecule has 2 aliphatic rings. The minimum Gasteiger partial charge on any atom is -0.468 e. The molecule has 2 amide bonds. The Morgan fingerprint density at radius 3 is 2.62 bits per heavy atom. The molecule has 2 unspecified atom stereocenters. The summed E-state index contributed by atoms with van der Waals surface area (Å²) in [4.78, 5) is 27.6. The zero-order chi connectivity index (χ0) is 24.6. The van der Waals surface area contributed by atoms with E-state index in [0.717, 1.165) is 44.3 Å². The van der Waals surface area contributed by atoms with Gasteiger partial charge in [-0.1, -0.05) is 43.7 Å². The molecule has 0 saturated carbocycles. The predicted molar refractivity (Wildman–Crippen MR) is 131 cm³/mol. The first kappa shape index (κ1) is 26.4. The number of hydrogen-bond acceptors (Lipinski definition) is 6. The largest absolute Gasteiger partial charge is 0.468 e. The summed E-state index contributed by atoms with van der Waals surface area (Å²) < 4.78 is 32.9. The first-order valence-corrected chi connectivity index (χ1v) is 13.9. The molecule has 0 radical (unpaired) electrons. The van der Waals surface area contributed by atoms with Crippen molar-refractivity contribution in [2.75, 3.05) is 39.0 Å². The van der Waals surface area contributed by atoms with Gasteiger partial charge in [-0.3, -0.25) is 4.79 Å². The molecule has 2 heterocycles. The number of hydrogen-bond donors (Lipinski definition) is 3.